The quantitative estimate of drug-likeness (QED) is 0.403. The molecule has 1 aliphatic heterocycles. The SMILES string of the molecule is C=CCSc1nc2c(=O)[nH]cnc2n1[C@H]1O[C@@H](CO)[C@@H](O)[C@H]1O. The molecule has 1 fully saturated rings. The Bertz CT molecular complexity index is 775. The highest BCUT2D eigenvalue weighted by atomic mass is 32.2. The molecule has 10 heteroatoms. The number of nitrogens with one attached hydrogen (secondary N) is 1. The van der Waals surface area contributed by atoms with Crippen LogP contribution in [0.3, 0.4) is 0 Å². The number of H-pyrrole nitrogens is 1. The molecule has 3 rings (SSSR count). The molecule has 23 heavy (non-hydrogen) atoms. The monoisotopic (exact) mass is 340 g/mol. The second-order valence-electron chi connectivity index (χ2n) is 5.00. The van der Waals surface area contributed by atoms with Crippen LogP contribution in [-0.4, -0.2) is 65.5 Å². The molecule has 0 radical (unpaired) electrons. The van der Waals surface area contributed by atoms with Crippen LogP contribution in [0, 0.1) is 0 Å². The van der Waals surface area contributed by atoms with Gasteiger partial charge in [-0.1, -0.05) is 17.8 Å². The van der Waals surface area contributed by atoms with Crippen molar-refractivity contribution in [3.63, 3.8) is 0 Å². The van der Waals surface area contributed by atoms with Gasteiger partial charge in [0.1, 0.15) is 18.3 Å². The van der Waals surface area contributed by atoms with Crippen LogP contribution >= 0.6 is 11.8 Å². The number of hydrogen-bond acceptors (Lipinski definition) is 8. The zero-order chi connectivity index (χ0) is 16.6. The maximum Gasteiger partial charge on any atom is 0.278 e. The van der Waals surface area contributed by atoms with Gasteiger partial charge in [-0.2, -0.15) is 0 Å². The number of thioether (sulfide) groups is 1. The van der Waals surface area contributed by atoms with Gasteiger partial charge in [-0.3, -0.25) is 9.36 Å². The van der Waals surface area contributed by atoms with Crippen molar-refractivity contribution in [1.29, 1.82) is 0 Å². The van der Waals surface area contributed by atoms with Gasteiger partial charge in [0, 0.05) is 5.75 Å². The number of hydrogen-bond donors (Lipinski definition) is 4. The average Bonchev–Trinajstić information content (AvgIpc) is 3.05. The van der Waals surface area contributed by atoms with E-state index < -0.39 is 36.7 Å². The van der Waals surface area contributed by atoms with Crippen molar-refractivity contribution >= 4 is 22.9 Å². The van der Waals surface area contributed by atoms with Gasteiger partial charge in [0.05, 0.1) is 12.9 Å². The van der Waals surface area contributed by atoms with Gasteiger partial charge in [-0.15, -0.1) is 6.58 Å². The van der Waals surface area contributed by atoms with Gasteiger partial charge < -0.3 is 25.0 Å². The molecule has 0 bridgehead atoms. The number of aliphatic hydroxyl groups is 3. The van der Waals surface area contributed by atoms with Crippen molar-refractivity contribution in [3.05, 3.63) is 29.3 Å². The minimum atomic E-state index is -1.28. The van der Waals surface area contributed by atoms with E-state index in [0.29, 0.717) is 10.9 Å². The van der Waals surface area contributed by atoms with Crippen LogP contribution in [-0.2, 0) is 4.74 Å². The second kappa shape index (κ2) is 6.42. The lowest BCUT2D eigenvalue weighted by Crippen LogP contribution is -2.33. The second-order valence-corrected chi connectivity index (χ2v) is 5.98. The first-order valence-electron chi connectivity index (χ1n) is 6.90. The van der Waals surface area contributed by atoms with E-state index in [2.05, 4.69) is 21.5 Å². The van der Waals surface area contributed by atoms with Crippen molar-refractivity contribution < 1.29 is 20.1 Å². The third-order valence-electron chi connectivity index (χ3n) is 3.55. The fourth-order valence-corrected chi connectivity index (χ4v) is 3.21. The molecule has 3 heterocycles. The number of nitrogens with zero attached hydrogens (tertiary/aromatic N) is 3. The van der Waals surface area contributed by atoms with Crippen molar-refractivity contribution in [2.75, 3.05) is 12.4 Å². The van der Waals surface area contributed by atoms with Gasteiger partial charge in [-0.05, 0) is 0 Å². The summed E-state index contributed by atoms with van der Waals surface area (Å²) in [7, 11) is 0. The fraction of sp³-hybridized carbons (Fsp3) is 0.462. The molecule has 124 valence electrons. The lowest BCUT2D eigenvalue weighted by molar-refractivity contribution is -0.0548. The predicted octanol–water partition coefficient (Wildman–Crippen LogP) is -0.991. The van der Waals surface area contributed by atoms with Gasteiger partial charge in [-0.25, -0.2) is 9.97 Å². The van der Waals surface area contributed by atoms with Crippen LogP contribution in [0.25, 0.3) is 11.2 Å². The van der Waals surface area contributed by atoms with Crippen LogP contribution in [0.5, 0.6) is 0 Å². The number of aliphatic hydroxyl groups excluding tert-OH is 3. The van der Waals surface area contributed by atoms with Gasteiger partial charge in [0.15, 0.2) is 22.5 Å². The lowest BCUT2D eigenvalue weighted by atomic mass is 10.1. The van der Waals surface area contributed by atoms with Gasteiger partial charge >= 0.3 is 0 Å². The molecule has 0 aliphatic carbocycles. The molecular formula is C13H16N4O5S. The molecule has 1 saturated heterocycles. The lowest BCUT2D eigenvalue weighted by Gasteiger charge is -2.18. The molecular weight excluding hydrogens is 324 g/mol. The van der Waals surface area contributed by atoms with E-state index in [-0.39, 0.29) is 11.2 Å². The van der Waals surface area contributed by atoms with Crippen LogP contribution in [0.15, 0.2) is 28.9 Å². The van der Waals surface area contributed by atoms with E-state index in [0.717, 1.165) is 0 Å². The number of aromatic amines is 1. The maximum atomic E-state index is 11.9. The van der Waals surface area contributed by atoms with E-state index in [9.17, 15) is 20.1 Å². The van der Waals surface area contributed by atoms with Crippen molar-refractivity contribution in [2.45, 2.75) is 29.7 Å². The van der Waals surface area contributed by atoms with Crippen molar-refractivity contribution in [2.24, 2.45) is 0 Å². The topological polar surface area (TPSA) is 133 Å². The number of ether oxygens (including phenoxy) is 1. The first-order chi connectivity index (χ1) is 11.1. The van der Waals surface area contributed by atoms with Crippen LogP contribution in [0.2, 0.25) is 0 Å². The van der Waals surface area contributed by atoms with Gasteiger partial charge in [0.2, 0.25) is 0 Å². The van der Waals surface area contributed by atoms with Crippen LogP contribution < -0.4 is 5.56 Å². The summed E-state index contributed by atoms with van der Waals surface area (Å²) in [6, 6.07) is 0. The Morgan fingerprint density at radius 2 is 2.26 bits per heavy atom. The third kappa shape index (κ3) is 2.68. The van der Waals surface area contributed by atoms with E-state index in [1.165, 1.54) is 22.7 Å². The Hall–Kier alpha value is -1.72. The zero-order valence-corrected chi connectivity index (χ0v) is 12.8. The molecule has 0 spiro atoms. The highest BCUT2D eigenvalue weighted by molar-refractivity contribution is 7.99. The third-order valence-corrected chi connectivity index (χ3v) is 4.50. The Balaban J connectivity index is 2.13. The first-order valence-corrected chi connectivity index (χ1v) is 7.88. The Morgan fingerprint density at radius 1 is 1.48 bits per heavy atom. The highest BCUT2D eigenvalue weighted by Crippen LogP contribution is 2.34. The zero-order valence-electron chi connectivity index (χ0n) is 12.0. The number of rotatable bonds is 5. The smallest absolute Gasteiger partial charge is 0.278 e. The molecule has 0 aromatic carbocycles. The fourth-order valence-electron chi connectivity index (χ4n) is 2.46. The maximum absolute atomic E-state index is 11.9. The Labute approximate surface area is 134 Å². The van der Waals surface area contributed by atoms with Crippen LogP contribution in [0.1, 0.15) is 6.23 Å². The summed E-state index contributed by atoms with van der Waals surface area (Å²) < 4.78 is 6.99. The molecule has 0 amide bonds. The van der Waals surface area contributed by atoms with E-state index >= 15 is 0 Å². The highest BCUT2D eigenvalue weighted by Gasteiger charge is 2.45. The summed E-state index contributed by atoms with van der Waals surface area (Å²) >= 11 is 1.29. The van der Waals surface area contributed by atoms with Crippen LogP contribution in [0.4, 0.5) is 0 Å². The van der Waals surface area contributed by atoms with E-state index in [1.54, 1.807) is 6.08 Å². The predicted molar refractivity (Wildman–Crippen MR) is 82.1 cm³/mol. The summed E-state index contributed by atoms with van der Waals surface area (Å²) in [4.78, 5) is 22.7. The molecule has 0 unspecified atom stereocenters. The molecule has 9 nitrogen and oxygen atoms in total. The Kier molecular flexibility index (Phi) is 4.50. The molecule has 1 aliphatic rings. The first kappa shape index (κ1) is 16.1. The average molecular weight is 340 g/mol. The normalized spacial score (nSPS) is 27.6. The minimum Gasteiger partial charge on any atom is -0.394 e. The van der Waals surface area contributed by atoms with E-state index in [1.807, 2.05) is 0 Å². The minimum absolute atomic E-state index is 0.108. The van der Waals surface area contributed by atoms with Crippen molar-refractivity contribution in [1.82, 2.24) is 19.5 Å². The summed E-state index contributed by atoms with van der Waals surface area (Å²) in [5.74, 6) is 0.524. The summed E-state index contributed by atoms with van der Waals surface area (Å²) in [5.41, 5.74) is -0.0760. The largest absolute Gasteiger partial charge is 0.394 e. The molecule has 0 saturated carbocycles. The number of fused-ring (bicyclic) bond motifs is 1. The number of aromatic nitrogens is 4. The van der Waals surface area contributed by atoms with Crippen molar-refractivity contribution in [3.8, 4) is 0 Å². The summed E-state index contributed by atoms with van der Waals surface area (Å²) in [6.07, 6.45) is -1.56. The summed E-state index contributed by atoms with van der Waals surface area (Å²) in [5, 5.41) is 29.8. The molecule has 4 N–H and O–H groups in total. The molecule has 4 atom stereocenters. The van der Waals surface area contributed by atoms with E-state index in [4.69, 9.17) is 4.74 Å². The number of imidazole rings is 1. The van der Waals surface area contributed by atoms with Gasteiger partial charge in [0.25, 0.3) is 5.56 Å². The Morgan fingerprint density at radius 3 is 2.91 bits per heavy atom. The molecule has 2 aromatic rings. The standard InChI is InChI=1S/C13H16N4O5S/c1-2-3-23-13-16-7-10(14-5-15-11(7)21)17(13)12-9(20)8(19)6(4-18)22-12/h2,5-6,8-9,12,18-20H,1,3-4H2,(H,14,15,21)/t6-,8+,9+,12-/m0/s1. The molecule has 2 aromatic heterocycles. The summed E-state index contributed by atoms with van der Waals surface area (Å²) in [6.45, 7) is 3.19.